The Morgan fingerprint density at radius 3 is 3.12 bits per heavy atom. The number of nitrogens with zero attached hydrogens (tertiary/aromatic N) is 5. The number of hydrogen-bond acceptors (Lipinski definition) is 7. The number of esters is 1. The molecule has 25 heavy (non-hydrogen) atoms. The molecule has 0 fully saturated rings. The lowest BCUT2D eigenvalue weighted by atomic mass is 10.3. The molecule has 3 heterocycles. The fourth-order valence-corrected chi connectivity index (χ4v) is 2.28. The van der Waals surface area contributed by atoms with Gasteiger partial charge in [-0.2, -0.15) is 10.4 Å². The Labute approximate surface area is 139 Å². The number of fused-ring (bicyclic) bond motifs is 2. The smallest absolute Gasteiger partial charge is 0.341 e. The van der Waals surface area contributed by atoms with Crippen LogP contribution in [-0.2, 0) is 11.3 Å². The topological polar surface area (TPSA) is 106 Å². The van der Waals surface area contributed by atoms with Gasteiger partial charge in [-0.1, -0.05) is 0 Å². The zero-order valence-electron chi connectivity index (χ0n) is 12.5. The average molecular weight is 337 g/mol. The molecule has 0 saturated carbocycles. The third kappa shape index (κ3) is 2.66. The maximum atomic E-state index is 13.1. The average Bonchev–Trinajstić information content (AvgIpc) is 3.21. The van der Waals surface area contributed by atoms with Crippen LogP contribution in [0.4, 0.5) is 4.39 Å². The van der Waals surface area contributed by atoms with Crippen molar-refractivity contribution < 1.29 is 18.3 Å². The normalized spacial score (nSPS) is 10.9. The van der Waals surface area contributed by atoms with Crippen molar-refractivity contribution in [3.8, 4) is 6.07 Å². The largest absolute Gasteiger partial charge is 0.452 e. The molecule has 4 aromatic rings. The van der Waals surface area contributed by atoms with Crippen LogP contribution in [0.5, 0.6) is 0 Å². The maximum Gasteiger partial charge on any atom is 0.341 e. The summed E-state index contributed by atoms with van der Waals surface area (Å²) in [5.41, 5.74) is 1.55. The van der Waals surface area contributed by atoms with E-state index in [1.807, 2.05) is 6.07 Å². The van der Waals surface area contributed by atoms with Gasteiger partial charge in [-0.15, -0.1) is 0 Å². The lowest BCUT2D eigenvalue weighted by Crippen LogP contribution is -2.07. The summed E-state index contributed by atoms with van der Waals surface area (Å²) in [6.45, 7) is -0.213. The van der Waals surface area contributed by atoms with Crippen LogP contribution in [0.25, 0.3) is 16.7 Å². The number of benzene rings is 1. The molecule has 0 spiro atoms. The van der Waals surface area contributed by atoms with Gasteiger partial charge in [0.15, 0.2) is 17.8 Å². The van der Waals surface area contributed by atoms with Crippen molar-refractivity contribution in [1.82, 2.24) is 19.6 Å². The van der Waals surface area contributed by atoms with Crippen LogP contribution < -0.4 is 0 Å². The molecule has 0 bridgehead atoms. The monoisotopic (exact) mass is 337 g/mol. The molecule has 0 aliphatic carbocycles. The van der Waals surface area contributed by atoms with Gasteiger partial charge in [0.1, 0.15) is 23.0 Å². The minimum atomic E-state index is -0.656. The second kappa shape index (κ2) is 5.68. The van der Waals surface area contributed by atoms with Crippen LogP contribution in [0.2, 0.25) is 0 Å². The van der Waals surface area contributed by atoms with Crippen molar-refractivity contribution >= 4 is 22.7 Å². The highest BCUT2D eigenvalue weighted by Crippen LogP contribution is 2.17. The minimum absolute atomic E-state index is 0.147. The van der Waals surface area contributed by atoms with E-state index in [9.17, 15) is 9.18 Å². The summed E-state index contributed by atoms with van der Waals surface area (Å²) < 4.78 is 24.9. The van der Waals surface area contributed by atoms with Crippen LogP contribution in [0.1, 0.15) is 21.8 Å². The quantitative estimate of drug-likeness (QED) is 0.528. The number of halogens is 1. The van der Waals surface area contributed by atoms with E-state index in [-0.39, 0.29) is 23.6 Å². The molecule has 3 aromatic heterocycles. The second-order valence-electron chi connectivity index (χ2n) is 5.08. The zero-order valence-corrected chi connectivity index (χ0v) is 12.5. The molecule has 0 N–H and O–H groups in total. The summed E-state index contributed by atoms with van der Waals surface area (Å²) in [7, 11) is 0. The van der Waals surface area contributed by atoms with E-state index >= 15 is 0 Å². The number of carbonyl (C=O) groups is 1. The molecule has 122 valence electrons. The molecule has 0 unspecified atom stereocenters. The molecule has 0 aliphatic rings. The number of hydrogen-bond donors (Lipinski definition) is 0. The van der Waals surface area contributed by atoms with Crippen molar-refractivity contribution in [1.29, 1.82) is 5.26 Å². The molecule has 9 heteroatoms. The van der Waals surface area contributed by atoms with E-state index < -0.39 is 11.8 Å². The summed E-state index contributed by atoms with van der Waals surface area (Å²) in [4.78, 5) is 20.2. The molecular formula is C16H8FN5O3. The van der Waals surface area contributed by atoms with Crippen molar-refractivity contribution in [3.63, 3.8) is 0 Å². The van der Waals surface area contributed by atoms with E-state index in [1.165, 1.54) is 41.3 Å². The molecule has 0 radical (unpaired) electrons. The third-order valence-electron chi connectivity index (χ3n) is 3.43. The highest BCUT2D eigenvalue weighted by atomic mass is 19.1. The van der Waals surface area contributed by atoms with Gasteiger partial charge in [0.05, 0.1) is 11.8 Å². The standard InChI is InChI=1S/C16H8FN5O3/c17-11-1-2-12-13(3-11)25-14(21-12)8-24-16(23)10-5-19-15-9(4-18)6-20-22(15)7-10/h1-3,5-7H,8H2. The number of nitriles is 1. The zero-order chi connectivity index (χ0) is 17.4. The Bertz CT molecular complexity index is 1160. The molecule has 4 rings (SSSR count). The highest BCUT2D eigenvalue weighted by Gasteiger charge is 2.14. The molecule has 0 amide bonds. The molecule has 0 saturated heterocycles. The number of rotatable bonds is 3. The van der Waals surface area contributed by atoms with Crippen LogP contribution in [0.3, 0.4) is 0 Å². The Morgan fingerprint density at radius 1 is 1.40 bits per heavy atom. The van der Waals surface area contributed by atoms with Crippen LogP contribution >= 0.6 is 0 Å². The highest BCUT2D eigenvalue weighted by molar-refractivity contribution is 5.89. The van der Waals surface area contributed by atoms with Gasteiger partial charge in [-0.25, -0.2) is 23.7 Å². The number of aromatic nitrogens is 4. The van der Waals surface area contributed by atoms with Crippen molar-refractivity contribution in [2.24, 2.45) is 0 Å². The summed E-state index contributed by atoms with van der Waals surface area (Å²) in [6, 6.07) is 5.90. The maximum absolute atomic E-state index is 13.1. The Morgan fingerprint density at radius 2 is 2.28 bits per heavy atom. The van der Waals surface area contributed by atoms with Gasteiger partial charge in [0.2, 0.25) is 5.89 Å². The first kappa shape index (κ1) is 14.8. The summed E-state index contributed by atoms with van der Waals surface area (Å²) in [5, 5.41) is 12.9. The van der Waals surface area contributed by atoms with Crippen LogP contribution in [0.15, 0.2) is 41.2 Å². The first-order valence-corrected chi connectivity index (χ1v) is 7.09. The van der Waals surface area contributed by atoms with Crippen molar-refractivity contribution in [3.05, 3.63) is 59.6 Å². The van der Waals surface area contributed by atoms with E-state index in [0.717, 1.165) is 0 Å². The second-order valence-corrected chi connectivity index (χ2v) is 5.08. The van der Waals surface area contributed by atoms with Gasteiger partial charge in [0.25, 0.3) is 0 Å². The summed E-state index contributed by atoms with van der Waals surface area (Å²) >= 11 is 0. The van der Waals surface area contributed by atoms with E-state index in [1.54, 1.807) is 0 Å². The Balaban J connectivity index is 1.52. The van der Waals surface area contributed by atoms with Gasteiger partial charge < -0.3 is 9.15 Å². The number of oxazole rings is 1. The van der Waals surface area contributed by atoms with Gasteiger partial charge in [-0.05, 0) is 12.1 Å². The Kier molecular flexibility index (Phi) is 3.36. The van der Waals surface area contributed by atoms with Crippen molar-refractivity contribution in [2.45, 2.75) is 6.61 Å². The predicted molar refractivity (Wildman–Crippen MR) is 80.8 cm³/mol. The van der Waals surface area contributed by atoms with Crippen molar-refractivity contribution in [2.75, 3.05) is 0 Å². The summed E-state index contributed by atoms with van der Waals surface area (Å²) in [6.07, 6.45) is 4.06. The summed E-state index contributed by atoms with van der Waals surface area (Å²) in [5.74, 6) is -0.951. The minimum Gasteiger partial charge on any atom is -0.452 e. The third-order valence-corrected chi connectivity index (χ3v) is 3.43. The van der Waals surface area contributed by atoms with Gasteiger partial charge in [0, 0.05) is 18.5 Å². The van der Waals surface area contributed by atoms with E-state index in [2.05, 4.69) is 15.1 Å². The molecule has 1 aromatic carbocycles. The first-order chi connectivity index (χ1) is 12.1. The first-order valence-electron chi connectivity index (χ1n) is 7.09. The number of ether oxygens (including phenoxy) is 1. The molecule has 8 nitrogen and oxygen atoms in total. The van der Waals surface area contributed by atoms with Crippen LogP contribution in [0, 0.1) is 17.1 Å². The molecular weight excluding hydrogens is 329 g/mol. The molecule has 0 atom stereocenters. The van der Waals surface area contributed by atoms with Gasteiger partial charge in [-0.3, -0.25) is 0 Å². The Hall–Kier alpha value is -3.80. The fraction of sp³-hybridized carbons (Fsp3) is 0.0625. The van der Waals surface area contributed by atoms with Crippen LogP contribution in [-0.4, -0.2) is 25.6 Å². The lowest BCUT2D eigenvalue weighted by Gasteiger charge is -2.02. The van der Waals surface area contributed by atoms with E-state index in [0.29, 0.717) is 16.7 Å². The van der Waals surface area contributed by atoms with E-state index in [4.69, 9.17) is 14.4 Å². The predicted octanol–water partition coefficient (Wildman–Crippen LogP) is 2.24. The fourth-order valence-electron chi connectivity index (χ4n) is 2.28. The molecule has 0 aliphatic heterocycles. The number of carbonyl (C=O) groups excluding carboxylic acids is 1. The SMILES string of the molecule is N#Cc1cnn2cc(C(=O)OCc3nc4ccc(F)cc4o3)cnc12. The lowest BCUT2D eigenvalue weighted by molar-refractivity contribution is 0.0439. The van der Waals surface area contributed by atoms with Gasteiger partial charge >= 0.3 is 5.97 Å².